The molecule has 0 aliphatic carbocycles. The summed E-state index contributed by atoms with van der Waals surface area (Å²) in [5.74, 6) is 0. The fourth-order valence-corrected chi connectivity index (χ4v) is 2.41. The van der Waals surface area contributed by atoms with Gasteiger partial charge in [0.15, 0.2) is 0 Å². The quantitative estimate of drug-likeness (QED) is 0.609. The van der Waals surface area contributed by atoms with E-state index in [0.717, 1.165) is 26.2 Å². The zero-order valence-corrected chi connectivity index (χ0v) is 12.2. The van der Waals surface area contributed by atoms with Gasteiger partial charge in [-0.3, -0.25) is 0 Å². The van der Waals surface area contributed by atoms with Gasteiger partial charge in [-0.1, -0.05) is 17.7 Å². The van der Waals surface area contributed by atoms with Crippen molar-refractivity contribution in [1.82, 2.24) is 0 Å². The first kappa shape index (κ1) is 12.5. The highest BCUT2D eigenvalue weighted by Crippen LogP contribution is 2.29. The average Bonchev–Trinajstić information content (AvgIpc) is 2.27. The van der Waals surface area contributed by atoms with Crippen molar-refractivity contribution in [1.29, 1.82) is 0 Å². The fourth-order valence-electron chi connectivity index (χ4n) is 1.51. The van der Waals surface area contributed by atoms with Crippen LogP contribution in [0.1, 0.15) is 5.56 Å². The first-order chi connectivity index (χ1) is 8.06. The van der Waals surface area contributed by atoms with Gasteiger partial charge in [0.2, 0.25) is 0 Å². The standard InChI is InChI=1S/C13H12ClIN2/c1-8-2-4-10(16)7-13(8)17-12-5-3-9(15)6-11(12)14/h2-7,17H,16H2,1H3. The van der Waals surface area contributed by atoms with Crippen LogP contribution in [0.5, 0.6) is 0 Å². The summed E-state index contributed by atoms with van der Waals surface area (Å²) in [4.78, 5) is 0. The Morgan fingerprint density at radius 3 is 2.59 bits per heavy atom. The molecule has 0 amide bonds. The second-order valence-electron chi connectivity index (χ2n) is 3.82. The summed E-state index contributed by atoms with van der Waals surface area (Å²) >= 11 is 8.41. The summed E-state index contributed by atoms with van der Waals surface area (Å²) in [6, 6.07) is 11.7. The molecule has 0 saturated carbocycles. The van der Waals surface area contributed by atoms with E-state index in [2.05, 4.69) is 27.9 Å². The van der Waals surface area contributed by atoms with Gasteiger partial charge in [0.25, 0.3) is 0 Å². The van der Waals surface area contributed by atoms with Crippen LogP contribution in [0.25, 0.3) is 0 Å². The lowest BCUT2D eigenvalue weighted by atomic mass is 10.1. The first-order valence-corrected chi connectivity index (χ1v) is 6.60. The topological polar surface area (TPSA) is 38.0 Å². The molecule has 4 heteroatoms. The number of nitrogens with two attached hydrogens (primary N) is 1. The second-order valence-corrected chi connectivity index (χ2v) is 5.48. The zero-order valence-electron chi connectivity index (χ0n) is 9.30. The summed E-state index contributed by atoms with van der Waals surface area (Å²) in [5, 5.41) is 4.00. The highest BCUT2D eigenvalue weighted by atomic mass is 127. The summed E-state index contributed by atoms with van der Waals surface area (Å²) in [7, 11) is 0. The van der Waals surface area contributed by atoms with Gasteiger partial charge in [0, 0.05) is 14.9 Å². The average molecular weight is 359 g/mol. The second kappa shape index (κ2) is 5.14. The highest BCUT2D eigenvalue weighted by molar-refractivity contribution is 14.1. The van der Waals surface area contributed by atoms with Crippen LogP contribution in [0.15, 0.2) is 36.4 Å². The number of rotatable bonds is 2. The number of nitrogens with one attached hydrogen (secondary N) is 1. The minimum absolute atomic E-state index is 0.707. The van der Waals surface area contributed by atoms with Crippen LogP contribution in [0.2, 0.25) is 5.02 Å². The van der Waals surface area contributed by atoms with E-state index in [1.807, 2.05) is 43.3 Å². The fraction of sp³-hybridized carbons (Fsp3) is 0.0769. The van der Waals surface area contributed by atoms with Crippen LogP contribution in [0, 0.1) is 10.5 Å². The van der Waals surface area contributed by atoms with E-state index in [1.54, 1.807) is 0 Å². The predicted octanol–water partition coefficient (Wildman–Crippen LogP) is 4.58. The maximum atomic E-state index is 6.17. The van der Waals surface area contributed by atoms with Crippen LogP contribution in [0.4, 0.5) is 17.1 Å². The molecule has 2 aromatic rings. The third kappa shape index (κ3) is 3.04. The molecule has 0 radical (unpaired) electrons. The molecule has 0 aromatic heterocycles. The van der Waals surface area contributed by atoms with Gasteiger partial charge >= 0.3 is 0 Å². The van der Waals surface area contributed by atoms with Gasteiger partial charge < -0.3 is 11.1 Å². The summed E-state index contributed by atoms with van der Waals surface area (Å²) in [6.07, 6.45) is 0. The molecule has 0 spiro atoms. The maximum Gasteiger partial charge on any atom is 0.0651 e. The van der Waals surface area contributed by atoms with Gasteiger partial charge in [-0.15, -0.1) is 0 Å². The van der Waals surface area contributed by atoms with Crippen LogP contribution in [-0.4, -0.2) is 0 Å². The SMILES string of the molecule is Cc1ccc(N)cc1Nc1ccc(I)cc1Cl. The minimum Gasteiger partial charge on any atom is -0.399 e. The molecule has 17 heavy (non-hydrogen) atoms. The smallest absolute Gasteiger partial charge is 0.0651 e. The zero-order chi connectivity index (χ0) is 12.4. The summed E-state index contributed by atoms with van der Waals surface area (Å²) in [6.45, 7) is 2.03. The van der Waals surface area contributed by atoms with Crippen molar-refractivity contribution in [3.8, 4) is 0 Å². The lowest BCUT2D eigenvalue weighted by Gasteiger charge is -2.12. The lowest BCUT2D eigenvalue weighted by molar-refractivity contribution is 1.43. The van der Waals surface area contributed by atoms with Crippen LogP contribution >= 0.6 is 34.2 Å². The lowest BCUT2D eigenvalue weighted by Crippen LogP contribution is -1.96. The molecular weight excluding hydrogens is 347 g/mol. The number of anilines is 3. The molecule has 0 unspecified atom stereocenters. The first-order valence-electron chi connectivity index (χ1n) is 5.14. The van der Waals surface area contributed by atoms with Crippen molar-refractivity contribution in [2.75, 3.05) is 11.1 Å². The van der Waals surface area contributed by atoms with E-state index in [-0.39, 0.29) is 0 Å². The van der Waals surface area contributed by atoms with E-state index in [9.17, 15) is 0 Å². The molecule has 0 bridgehead atoms. The Kier molecular flexibility index (Phi) is 3.79. The minimum atomic E-state index is 0.707. The summed E-state index contributed by atoms with van der Waals surface area (Å²) in [5.41, 5.74) is 9.51. The molecule has 0 fully saturated rings. The number of benzene rings is 2. The van der Waals surface area contributed by atoms with E-state index in [1.165, 1.54) is 0 Å². The Morgan fingerprint density at radius 1 is 1.12 bits per heavy atom. The van der Waals surface area contributed by atoms with Crippen LogP contribution in [-0.2, 0) is 0 Å². The molecular formula is C13H12ClIN2. The number of hydrogen-bond acceptors (Lipinski definition) is 2. The number of nitrogen functional groups attached to an aromatic ring is 1. The van der Waals surface area contributed by atoms with E-state index < -0.39 is 0 Å². The van der Waals surface area contributed by atoms with Crippen LogP contribution < -0.4 is 11.1 Å². The Bertz CT molecular complexity index is 555. The number of aryl methyl sites for hydroxylation is 1. The Hall–Kier alpha value is -0.940. The monoisotopic (exact) mass is 358 g/mol. The Morgan fingerprint density at radius 2 is 1.88 bits per heavy atom. The molecule has 3 N–H and O–H groups in total. The van der Waals surface area contributed by atoms with Crippen molar-refractivity contribution in [3.63, 3.8) is 0 Å². The van der Waals surface area contributed by atoms with Crippen molar-refractivity contribution in [2.24, 2.45) is 0 Å². The predicted molar refractivity (Wildman–Crippen MR) is 83.0 cm³/mol. The Balaban J connectivity index is 2.34. The van der Waals surface area contributed by atoms with E-state index >= 15 is 0 Å². The third-order valence-corrected chi connectivity index (χ3v) is 3.45. The van der Waals surface area contributed by atoms with E-state index in [4.69, 9.17) is 17.3 Å². The molecule has 0 aliphatic rings. The molecule has 0 heterocycles. The van der Waals surface area contributed by atoms with Crippen molar-refractivity contribution >= 4 is 51.3 Å². The molecule has 2 aromatic carbocycles. The molecule has 0 saturated heterocycles. The van der Waals surface area contributed by atoms with Gasteiger partial charge in [-0.2, -0.15) is 0 Å². The highest BCUT2D eigenvalue weighted by Gasteiger charge is 2.04. The van der Waals surface area contributed by atoms with Crippen LogP contribution in [0.3, 0.4) is 0 Å². The molecule has 2 rings (SSSR count). The third-order valence-electron chi connectivity index (χ3n) is 2.46. The van der Waals surface area contributed by atoms with Crippen molar-refractivity contribution in [2.45, 2.75) is 6.92 Å². The number of hydrogen-bond donors (Lipinski definition) is 2. The van der Waals surface area contributed by atoms with Gasteiger partial charge in [0.1, 0.15) is 0 Å². The van der Waals surface area contributed by atoms with Crippen molar-refractivity contribution in [3.05, 3.63) is 50.6 Å². The molecule has 0 atom stereocenters. The molecule has 88 valence electrons. The largest absolute Gasteiger partial charge is 0.399 e. The Labute approximate surface area is 119 Å². The van der Waals surface area contributed by atoms with Gasteiger partial charge in [-0.25, -0.2) is 0 Å². The van der Waals surface area contributed by atoms with Gasteiger partial charge in [0.05, 0.1) is 10.7 Å². The molecule has 0 aliphatic heterocycles. The maximum absolute atomic E-state index is 6.17. The number of halogens is 2. The summed E-state index contributed by atoms with van der Waals surface area (Å²) < 4.78 is 1.11. The molecule has 2 nitrogen and oxygen atoms in total. The normalized spacial score (nSPS) is 10.3. The van der Waals surface area contributed by atoms with Crippen molar-refractivity contribution < 1.29 is 0 Å². The van der Waals surface area contributed by atoms with Gasteiger partial charge in [-0.05, 0) is 65.4 Å². The van der Waals surface area contributed by atoms with E-state index in [0.29, 0.717) is 5.02 Å².